The Kier molecular flexibility index (Phi) is 1.53. The zero-order valence-electron chi connectivity index (χ0n) is 8.07. The van der Waals surface area contributed by atoms with Crippen LogP contribution in [-0.2, 0) is 12.8 Å². The fourth-order valence-corrected chi connectivity index (χ4v) is 2.01. The number of aryl methyl sites for hydroxylation is 1. The number of fused-ring (bicyclic) bond motifs is 1. The van der Waals surface area contributed by atoms with Crippen LogP contribution in [0, 0.1) is 12.3 Å². The monoisotopic (exact) mass is 164 g/mol. The van der Waals surface area contributed by atoms with Gasteiger partial charge in [-0.05, 0) is 37.2 Å². The molecule has 0 saturated carbocycles. The topological polar surface area (TPSA) is 28.7 Å². The molecule has 0 amide bonds. The van der Waals surface area contributed by atoms with E-state index in [-0.39, 0.29) is 0 Å². The van der Waals surface area contributed by atoms with Crippen LogP contribution in [0.25, 0.3) is 0 Å². The SMILES string of the molecule is Cc1n[nH]c2c1CCC(C)(C)C2. The van der Waals surface area contributed by atoms with Gasteiger partial charge in [-0.1, -0.05) is 13.8 Å². The summed E-state index contributed by atoms with van der Waals surface area (Å²) < 4.78 is 0. The summed E-state index contributed by atoms with van der Waals surface area (Å²) in [5, 5.41) is 7.37. The lowest BCUT2D eigenvalue weighted by Gasteiger charge is -2.28. The van der Waals surface area contributed by atoms with Gasteiger partial charge in [0.2, 0.25) is 0 Å². The lowest BCUT2D eigenvalue weighted by molar-refractivity contribution is 0.312. The number of nitrogens with zero attached hydrogens (tertiary/aromatic N) is 1. The van der Waals surface area contributed by atoms with Crippen LogP contribution in [0.5, 0.6) is 0 Å². The van der Waals surface area contributed by atoms with Gasteiger partial charge in [0.1, 0.15) is 0 Å². The van der Waals surface area contributed by atoms with Crippen molar-refractivity contribution in [1.82, 2.24) is 10.2 Å². The minimum Gasteiger partial charge on any atom is -0.282 e. The number of aromatic nitrogens is 2. The van der Waals surface area contributed by atoms with Crippen LogP contribution < -0.4 is 0 Å². The molecule has 2 heteroatoms. The lowest BCUT2D eigenvalue weighted by atomic mass is 9.76. The zero-order valence-corrected chi connectivity index (χ0v) is 8.07. The fourth-order valence-electron chi connectivity index (χ4n) is 2.01. The Morgan fingerprint density at radius 2 is 2.17 bits per heavy atom. The third kappa shape index (κ3) is 1.15. The highest BCUT2D eigenvalue weighted by Crippen LogP contribution is 2.34. The van der Waals surface area contributed by atoms with Crippen molar-refractivity contribution in [1.29, 1.82) is 0 Å². The zero-order chi connectivity index (χ0) is 8.77. The second-order valence-corrected chi connectivity index (χ2v) is 4.61. The molecule has 0 aromatic carbocycles. The van der Waals surface area contributed by atoms with Gasteiger partial charge in [0.15, 0.2) is 0 Å². The molecule has 0 radical (unpaired) electrons. The van der Waals surface area contributed by atoms with Crippen LogP contribution in [0.4, 0.5) is 0 Å². The second kappa shape index (κ2) is 2.35. The van der Waals surface area contributed by atoms with Crippen molar-refractivity contribution in [2.45, 2.75) is 40.0 Å². The van der Waals surface area contributed by atoms with Gasteiger partial charge in [-0.15, -0.1) is 0 Å². The van der Waals surface area contributed by atoms with E-state index in [0.29, 0.717) is 5.41 Å². The third-order valence-electron chi connectivity index (χ3n) is 2.87. The number of aromatic amines is 1. The molecule has 2 nitrogen and oxygen atoms in total. The van der Waals surface area contributed by atoms with Crippen LogP contribution in [-0.4, -0.2) is 10.2 Å². The number of rotatable bonds is 0. The summed E-state index contributed by atoms with van der Waals surface area (Å²) in [7, 11) is 0. The average Bonchev–Trinajstić information content (AvgIpc) is 2.30. The average molecular weight is 164 g/mol. The molecule has 0 saturated heterocycles. The molecule has 1 heterocycles. The first-order valence-electron chi connectivity index (χ1n) is 4.61. The van der Waals surface area contributed by atoms with E-state index in [2.05, 4.69) is 31.0 Å². The van der Waals surface area contributed by atoms with Gasteiger partial charge < -0.3 is 0 Å². The van der Waals surface area contributed by atoms with Crippen molar-refractivity contribution in [2.24, 2.45) is 5.41 Å². The molecule has 12 heavy (non-hydrogen) atoms. The van der Waals surface area contributed by atoms with Crippen LogP contribution in [0.15, 0.2) is 0 Å². The number of hydrogen-bond acceptors (Lipinski definition) is 1. The first-order valence-corrected chi connectivity index (χ1v) is 4.61. The predicted molar refractivity (Wildman–Crippen MR) is 49.1 cm³/mol. The van der Waals surface area contributed by atoms with E-state index in [4.69, 9.17) is 0 Å². The van der Waals surface area contributed by atoms with Gasteiger partial charge in [0.25, 0.3) is 0 Å². The van der Waals surface area contributed by atoms with Gasteiger partial charge in [0, 0.05) is 5.69 Å². The van der Waals surface area contributed by atoms with Crippen molar-refractivity contribution in [3.8, 4) is 0 Å². The maximum atomic E-state index is 4.24. The van der Waals surface area contributed by atoms with Gasteiger partial charge in [-0.2, -0.15) is 5.10 Å². The van der Waals surface area contributed by atoms with Crippen molar-refractivity contribution in [2.75, 3.05) is 0 Å². The standard InChI is InChI=1S/C10H16N2/c1-7-8-4-5-10(2,3)6-9(8)12-11-7/h4-6H2,1-3H3,(H,11,12). The molecule has 1 aromatic rings. The molecular weight excluding hydrogens is 148 g/mol. The smallest absolute Gasteiger partial charge is 0.0626 e. The van der Waals surface area contributed by atoms with Crippen LogP contribution in [0.1, 0.15) is 37.2 Å². The van der Waals surface area contributed by atoms with Crippen LogP contribution in [0.2, 0.25) is 0 Å². The highest BCUT2D eigenvalue weighted by atomic mass is 15.1. The minimum atomic E-state index is 0.464. The highest BCUT2D eigenvalue weighted by molar-refractivity contribution is 5.27. The molecule has 2 rings (SSSR count). The Balaban J connectivity index is 2.37. The molecule has 1 aromatic heterocycles. The maximum absolute atomic E-state index is 4.24. The highest BCUT2D eigenvalue weighted by Gasteiger charge is 2.27. The minimum absolute atomic E-state index is 0.464. The van der Waals surface area contributed by atoms with Crippen molar-refractivity contribution in [3.05, 3.63) is 17.0 Å². The van der Waals surface area contributed by atoms with Gasteiger partial charge >= 0.3 is 0 Å². The van der Waals surface area contributed by atoms with Crippen LogP contribution in [0.3, 0.4) is 0 Å². The molecule has 0 fully saturated rings. The quantitative estimate of drug-likeness (QED) is 0.626. The van der Waals surface area contributed by atoms with E-state index < -0.39 is 0 Å². The van der Waals surface area contributed by atoms with E-state index in [1.165, 1.54) is 29.8 Å². The van der Waals surface area contributed by atoms with E-state index in [1.807, 2.05) is 0 Å². The molecule has 1 N–H and O–H groups in total. The molecule has 0 unspecified atom stereocenters. The predicted octanol–water partition coefficient (Wildman–Crippen LogP) is 2.23. The van der Waals surface area contributed by atoms with E-state index in [1.54, 1.807) is 0 Å². The summed E-state index contributed by atoms with van der Waals surface area (Å²) in [6.07, 6.45) is 3.65. The first-order chi connectivity index (χ1) is 5.58. The fraction of sp³-hybridized carbons (Fsp3) is 0.700. The summed E-state index contributed by atoms with van der Waals surface area (Å²) in [5.41, 5.74) is 4.49. The molecule has 0 bridgehead atoms. The number of hydrogen-bond donors (Lipinski definition) is 1. The van der Waals surface area contributed by atoms with Gasteiger partial charge in [-0.3, -0.25) is 5.10 Å². The number of nitrogens with one attached hydrogen (secondary N) is 1. The normalized spacial score (nSPS) is 20.6. The molecular formula is C10H16N2. The van der Waals surface area contributed by atoms with Gasteiger partial charge in [-0.25, -0.2) is 0 Å². The Labute approximate surface area is 73.4 Å². The molecule has 1 aliphatic rings. The maximum Gasteiger partial charge on any atom is 0.0626 e. The van der Waals surface area contributed by atoms with Crippen molar-refractivity contribution < 1.29 is 0 Å². The van der Waals surface area contributed by atoms with E-state index >= 15 is 0 Å². The molecule has 1 aliphatic carbocycles. The van der Waals surface area contributed by atoms with Crippen molar-refractivity contribution >= 4 is 0 Å². The second-order valence-electron chi connectivity index (χ2n) is 4.61. The van der Waals surface area contributed by atoms with Gasteiger partial charge in [0.05, 0.1) is 5.69 Å². The van der Waals surface area contributed by atoms with E-state index in [0.717, 1.165) is 6.42 Å². The number of H-pyrrole nitrogens is 1. The molecule has 0 aliphatic heterocycles. The summed E-state index contributed by atoms with van der Waals surface area (Å²) >= 11 is 0. The molecule has 66 valence electrons. The Hall–Kier alpha value is -0.790. The summed E-state index contributed by atoms with van der Waals surface area (Å²) in [4.78, 5) is 0. The van der Waals surface area contributed by atoms with Crippen LogP contribution >= 0.6 is 0 Å². The summed E-state index contributed by atoms with van der Waals surface area (Å²) in [6.45, 7) is 6.74. The summed E-state index contributed by atoms with van der Waals surface area (Å²) in [6, 6.07) is 0. The Morgan fingerprint density at radius 1 is 1.42 bits per heavy atom. The summed E-state index contributed by atoms with van der Waals surface area (Å²) in [5.74, 6) is 0. The lowest BCUT2D eigenvalue weighted by Crippen LogP contribution is -2.21. The molecule has 0 spiro atoms. The van der Waals surface area contributed by atoms with E-state index in [9.17, 15) is 0 Å². The Bertz CT molecular complexity index is 297. The third-order valence-corrected chi connectivity index (χ3v) is 2.87. The van der Waals surface area contributed by atoms with Crippen molar-refractivity contribution in [3.63, 3.8) is 0 Å². The largest absolute Gasteiger partial charge is 0.282 e. The molecule has 0 atom stereocenters. The first kappa shape index (κ1) is 7.84. The Morgan fingerprint density at radius 3 is 2.92 bits per heavy atom.